The molecule has 0 aromatic heterocycles. The van der Waals surface area contributed by atoms with Crippen LogP contribution in [-0.4, -0.2) is 11.9 Å². The maximum absolute atomic E-state index is 11.4. The lowest BCUT2D eigenvalue weighted by molar-refractivity contribution is -0.122. The van der Waals surface area contributed by atoms with Crippen molar-refractivity contribution in [2.24, 2.45) is 5.73 Å². The molecule has 2 atom stereocenters. The van der Waals surface area contributed by atoms with Crippen molar-refractivity contribution in [3.05, 3.63) is 35.4 Å². The van der Waals surface area contributed by atoms with Crippen LogP contribution < -0.4 is 11.1 Å². The van der Waals surface area contributed by atoms with Gasteiger partial charge >= 0.3 is 0 Å². The number of nitrogens with one attached hydrogen (secondary N) is 1. The van der Waals surface area contributed by atoms with Crippen LogP contribution in [0, 0.1) is 0 Å². The number of carbonyl (C=O) groups is 1. The molecule has 0 saturated carbocycles. The third kappa shape index (κ3) is 4.75. The first-order chi connectivity index (χ1) is 7.54. The third-order valence-corrected chi connectivity index (χ3v) is 2.66. The minimum atomic E-state index is -0.461. The summed E-state index contributed by atoms with van der Waals surface area (Å²) in [6.07, 6.45) is 1.03. The fourth-order valence-corrected chi connectivity index (χ4v) is 1.47. The van der Waals surface area contributed by atoms with Crippen molar-refractivity contribution in [1.82, 2.24) is 5.32 Å². The van der Waals surface area contributed by atoms with Crippen molar-refractivity contribution in [3.8, 4) is 0 Å². The Hall–Kier alpha value is -1.06. The number of rotatable bonds is 4. The number of aryl methyl sites for hydroxylation is 1. The summed E-state index contributed by atoms with van der Waals surface area (Å²) in [5.74, 6) is -0.118. The first kappa shape index (κ1) is 15.9. The van der Waals surface area contributed by atoms with Gasteiger partial charge in [-0.1, -0.05) is 31.2 Å². The Balaban J connectivity index is 0.00000256. The highest BCUT2D eigenvalue weighted by Gasteiger charge is 2.12. The number of hydrogen-bond donors (Lipinski definition) is 2. The average molecular weight is 257 g/mol. The molecule has 1 rings (SSSR count). The quantitative estimate of drug-likeness (QED) is 0.868. The van der Waals surface area contributed by atoms with Gasteiger partial charge in [-0.05, 0) is 31.4 Å². The number of benzene rings is 1. The Labute approximate surface area is 109 Å². The van der Waals surface area contributed by atoms with E-state index in [-0.39, 0.29) is 24.4 Å². The molecular weight excluding hydrogens is 236 g/mol. The molecular formula is C13H21ClN2O. The zero-order valence-corrected chi connectivity index (χ0v) is 11.4. The van der Waals surface area contributed by atoms with E-state index in [9.17, 15) is 4.79 Å². The Morgan fingerprint density at radius 1 is 1.29 bits per heavy atom. The average Bonchev–Trinajstić information content (AvgIpc) is 2.28. The van der Waals surface area contributed by atoms with Gasteiger partial charge in [-0.15, -0.1) is 12.4 Å². The second kappa shape index (κ2) is 7.30. The number of hydrogen-bond acceptors (Lipinski definition) is 2. The van der Waals surface area contributed by atoms with E-state index in [4.69, 9.17) is 5.73 Å². The Bertz CT molecular complexity index is 349. The van der Waals surface area contributed by atoms with Crippen LogP contribution in [-0.2, 0) is 11.2 Å². The van der Waals surface area contributed by atoms with Gasteiger partial charge in [0, 0.05) is 0 Å². The zero-order chi connectivity index (χ0) is 12.1. The first-order valence-electron chi connectivity index (χ1n) is 5.69. The highest BCUT2D eigenvalue weighted by atomic mass is 35.5. The molecule has 0 aliphatic heterocycles. The Morgan fingerprint density at radius 2 is 1.82 bits per heavy atom. The van der Waals surface area contributed by atoms with E-state index < -0.39 is 6.04 Å². The lowest BCUT2D eigenvalue weighted by Crippen LogP contribution is -2.39. The summed E-state index contributed by atoms with van der Waals surface area (Å²) in [6.45, 7) is 5.76. The molecule has 4 heteroatoms. The molecule has 17 heavy (non-hydrogen) atoms. The van der Waals surface area contributed by atoms with E-state index in [0.29, 0.717) is 0 Å². The molecule has 0 radical (unpaired) electrons. The smallest absolute Gasteiger partial charge is 0.237 e. The second-order valence-electron chi connectivity index (χ2n) is 4.11. The van der Waals surface area contributed by atoms with Crippen molar-refractivity contribution in [2.75, 3.05) is 0 Å². The summed E-state index contributed by atoms with van der Waals surface area (Å²) in [4.78, 5) is 11.4. The molecule has 3 nitrogen and oxygen atoms in total. The number of halogens is 1. The van der Waals surface area contributed by atoms with E-state index in [1.807, 2.05) is 19.1 Å². The lowest BCUT2D eigenvalue weighted by Gasteiger charge is -2.16. The summed E-state index contributed by atoms with van der Waals surface area (Å²) in [7, 11) is 0. The highest BCUT2D eigenvalue weighted by molar-refractivity contribution is 5.85. The van der Waals surface area contributed by atoms with E-state index >= 15 is 0 Å². The van der Waals surface area contributed by atoms with Gasteiger partial charge in [-0.3, -0.25) is 4.79 Å². The summed E-state index contributed by atoms with van der Waals surface area (Å²) >= 11 is 0. The van der Waals surface area contributed by atoms with Gasteiger partial charge in [0.1, 0.15) is 0 Å². The summed E-state index contributed by atoms with van der Waals surface area (Å²) in [5, 5.41) is 2.87. The molecule has 2 unspecified atom stereocenters. The molecule has 0 aliphatic carbocycles. The SMILES string of the molecule is CCc1ccc(C(C)NC(=O)C(C)N)cc1.Cl. The van der Waals surface area contributed by atoms with E-state index in [1.165, 1.54) is 5.56 Å². The van der Waals surface area contributed by atoms with E-state index in [2.05, 4.69) is 24.4 Å². The fraction of sp³-hybridized carbons (Fsp3) is 0.462. The molecule has 0 spiro atoms. The molecule has 3 N–H and O–H groups in total. The molecule has 1 aromatic carbocycles. The van der Waals surface area contributed by atoms with Crippen LogP contribution in [0.1, 0.15) is 37.9 Å². The van der Waals surface area contributed by atoms with Crippen molar-refractivity contribution >= 4 is 18.3 Å². The van der Waals surface area contributed by atoms with Crippen LogP contribution in [0.4, 0.5) is 0 Å². The third-order valence-electron chi connectivity index (χ3n) is 2.66. The molecule has 96 valence electrons. The Morgan fingerprint density at radius 3 is 2.24 bits per heavy atom. The molecule has 0 bridgehead atoms. The minimum Gasteiger partial charge on any atom is -0.348 e. The standard InChI is InChI=1S/C13H20N2O.ClH/c1-4-11-5-7-12(8-6-11)10(3)15-13(16)9(2)14;/h5-10H,4,14H2,1-3H3,(H,15,16);1H. The van der Waals surface area contributed by atoms with Crippen LogP contribution in [0.3, 0.4) is 0 Å². The molecule has 1 amide bonds. The van der Waals surface area contributed by atoms with Crippen molar-refractivity contribution in [3.63, 3.8) is 0 Å². The van der Waals surface area contributed by atoms with Gasteiger partial charge in [0.2, 0.25) is 5.91 Å². The largest absolute Gasteiger partial charge is 0.348 e. The second-order valence-corrected chi connectivity index (χ2v) is 4.11. The van der Waals surface area contributed by atoms with Gasteiger partial charge in [-0.2, -0.15) is 0 Å². The van der Waals surface area contributed by atoms with Crippen molar-refractivity contribution in [2.45, 2.75) is 39.3 Å². The van der Waals surface area contributed by atoms with Crippen molar-refractivity contribution < 1.29 is 4.79 Å². The Kier molecular flexibility index (Phi) is 6.85. The van der Waals surface area contributed by atoms with Gasteiger partial charge in [0.05, 0.1) is 12.1 Å². The highest BCUT2D eigenvalue weighted by Crippen LogP contribution is 2.13. The predicted octanol–water partition coefficient (Wildman–Crippen LogP) is 2.20. The molecule has 0 fully saturated rings. The molecule has 0 aliphatic rings. The number of carbonyl (C=O) groups excluding carboxylic acids is 1. The number of nitrogens with two attached hydrogens (primary N) is 1. The van der Waals surface area contributed by atoms with Gasteiger partial charge in [0.25, 0.3) is 0 Å². The van der Waals surface area contributed by atoms with Gasteiger partial charge < -0.3 is 11.1 Å². The van der Waals surface area contributed by atoms with Gasteiger partial charge in [-0.25, -0.2) is 0 Å². The van der Waals surface area contributed by atoms with Crippen molar-refractivity contribution in [1.29, 1.82) is 0 Å². The number of amides is 1. The first-order valence-corrected chi connectivity index (χ1v) is 5.69. The maximum Gasteiger partial charge on any atom is 0.237 e. The van der Waals surface area contributed by atoms with E-state index in [0.717, 1.165) is 12.0 Å². The lowest BCUT2D eigenvalue weighted by atomic mass is 10.0. The monoisotopic (exact) mass is 256 g/mol. The predicted molar refractivity (Wildman–Crippen MR) is 73.3 cm³/mol. The molecule has 1 aromatic rings. The fourth-order valence-electron chi connectivity index (χ4n) is 1.47. The maximum atomic E-state index is 11.4. The van der Waals surface area contributed by atoms with Crippen LogP contribution in [0.15, 0.2) is 24.3 Å². The summed E-state index contributed by atoms with van der Waals surface area (Å²) in [6, 6.07) is 7.81. The molecule has 0 saturated heterocycles. The summed E-state index contributed by atoms with van der Waals surface area (Å²) in [5.41, 5.74) is 7.90. The zero-order valence-electron chi connectivity index (χ0n) is 10.6. The minimum absolute atomic E-state index is 0. The van der Waals surface area contributed by atoms with E-state index in [1.54, 1.807) is 6.92 Å². The van der Waals surface area contributed by atoms with Crippen LogP contribution in [0.2, 0.25) is 0 Å². The van der Waals surface area contributed by atoms with Crippen LogP contribution >= 0.6 is 12.4 Å². The van der Waals surface area contributed by atoms with Crippen LogP contribution in [0.5, 0.6) is 0 Å². The molecule has 0 heterocycles. The van der Waals surface area contributed by atoms with Crippen LogP contribution in [0.25, 0.3) is 0 Å². The topological polar surface area (TPSA) is 55.1 Å². The van der Waals surface area contributed by atoms with Gasteiger partial charge in [0.15, 0.2) is 0 Å². The summed E-state index contributed by atoms with van der Waals surface area (Å²) < 4.78 is 0. The normalized spacial score (nSPS) is 13.4.